The first kappa shape index (κ1) is 17.2. The minimum absolute atomic E-state index is 0.139. The second kappa shape index (κ2) is 19.4. The average molecular weight is 222 g/mol. The van der Waals surface area contributed by atoms with Gasteiger partial charge in [0.2, 0.25) is 0 Å². The highest BCUT2D eigenvalue weighted by atomic mass is 16.3. The zero-order chi connectivity index (χ0) is 11.8. The van der Waals surface area contributed by atoms with Gasteiger partial charge in [0.05, 0.1) is 13.2 Å². The van der Waals surface area contributed by atoms with Crippen molar-refractivity contribution in [2.45, 2.75) is 25.7 Å². The summed E-state index contributed by atoms with van der Waals surface area (Å²) in [5.74, 6) is 0. The van der Waals surface area contributed by atoms with E-state index in [-0.39, 0.29) is 13.2 Å². The Bertz CT molecular complexity index is 84.7. The van der Waals surface area contributed by atoms with E-state index in [1.54, 1.807) is 0 Å². The van der Waals surface area contributed by atoms with Gasteiger partial charge >= 0.3 is 0 Å². The Morgan fingerprint density at radius 2 is 1.27 bits per heavy atom. The molecule has 0 rings (SSSR count). The van der Waals surface area contributed by atoms with Crippen LogP contribution in [0.1, 0.15) is 25.7 Å². The van der Waals surface area contributed by atoms with Crippen molar-refractivity contribution < 1.29 is 15.3 Å². The van der Waals surface area contributed by atoms with Crippen molar-refractivity contribution in [3.05, 3.63) is 0 Å². The molecule has 5 heteroatoms. The van der Waals surface area contributed by atoms with Gasteiger partial charge in [0.25, 0.3) is 0 Å². The van der Waals surface area contributed by atoms with E-state index in [0.717, 1.165) is 32.2 Å². The van der Waals surface area contributed by atoms with Crippen LogP contribution in [0.4, 0.5) is 0 Å². The Balaban J connectivity index is 0. The summed E-state index contributed by atoms with van der Waals surface area (Å²) in [6.07, 6.45) is 4.31. The Hall–Kier alpha value is -0.200. The molecule has 0 amide bonds. The normalized spacial score (nSPS) is 9.60. The molecule has 0 bridgehead atoms. The number of aliphatic hydroxyl groups is 3. The predicted octanol–water partition coefficient (Wildman–Crippen LogP) is -0.942. The topological polar surface area (TPSA) is 98.7 Å². The molecule has 15 heavy (non-hydrogen) atoms. The molecule has 0 aromatic carbocycles. The lowest BCUT2D eigenvalue weighted by Gasteiger charge is -1.94. The quantitative estimate of drug-likeness (QED) is 0.324. The number of aliphatic hydroxyl groups excluding tert-OH is 3. The largest absolute Gasteiger partial charge is 0.396 e. The molecule has 0 fully saturated rings. The summed E-state index contributed by atoms with van der Waals surface area (Å²) in [4.78, 5) is 0. The number of hydrogen-bond acceptors (Lipinski definition) is 5. The monoisotopic (exact) mass is 222 g/mol. The van der Waals surface area contributed by atoms with Crippen molar-refractivity contribution >= 4 is 0 Å². The molecule has 5 nitrogen and oxygen atoms in total. The van der Waals surface area contributed by atoms with E-state index in [0.29, 0.717) is 19.7 Å². The van der Waals surface area contributed by atoms with Crippen LogP contribution < -0.4 is 11.1 Å². The van der Waals surface area contributed by atoms with Crippen LogP contribution in [0, 0.1) is 0 Å². The van der Waals surface area contributed by atoms with E-state index in [4.69, 9.17) is 21.1 Å². The highest BCUT2D eigenvalue weighted by Gasteiger charge is 1.84. The highest BCUT2D eigenvalue weighted by Crippen LogP contribution is 1.95. The number of unbranched alkanes of at least 4 members (excludes halogenated alkanes) is 3. The van der Waals surface area contributed by atoms with Crippen LogP contribution in [0.5, 0.6) is 0 Å². The predicted molar refractivity (Wildman–Crippen MR) is 61.6 cm³/mol. The van der Waals surface area contributed by atoms with Gasteiger partial charge in [-0.15, -0.1) is 0 Å². The fourth-order valence-electron chi connectivity index (χ4n) is 0.893. The maximum atomic E-state index is 8.33. The summed E-state index contributed by atoms with van der Waals surface area (Å²) in [5, 5.41) is 27.4. The second-order valence-corrected chi connectivity index (χ2v) is 3.12. The lowest BCUT2D eigenvalue weighted by Crippen LogP contribution is -2.21. The summed E-state index contributed by atoms with van der Waals surface area (Å²) in [6, 6.07) is 0. The molecule has 0 atom stereocenters. The lowest BCUT2D eigenvalue weighted by atomic mass is 10.2. The maximum Gasteiger partial charge on any atom is 0.0555 e. The fraction of sp³-hybridized carbons (Fsp3) is 1.00. The summed E-state index contributed by atoms with van der Waals surface area (Å²) in [5.41, 5.74) is 5.25. The van der Waals surface area contributed by atoms with Crippen molar-refractivity contribution in [3.63, 3.8) is 0 Å². The van der Waals surface area contributed by atoms with Crippen LogP contribution in [0.25, 0.3) is 0 Å². The SMILES string of the molecule is NCCCCCCO.OCCNCCO. The molecule has 0 radical (unpaired) electrons. The molecule has 0 aromatic rings. The van der Waals surface area contributed by atoms with E-state index < -0.39 is 0 Å². The van der Waals surface area contributed by atoms with E-state index in [1.165, 1.54) is 0 Å². The van der Waals surface area contributed by atoms with Crippen molar-refractivity contribution in [2.75, 3.05) is 39.5 Å². The highest BCUT2D eigenvalue weighted by molar-refractivity contribution is 4.41. The standard InChI is InChI=1S/C6H15NO.C4H11NO2/c7-5-3-1-2-4-6-8;6-3-1-5-2-4-7/h8H,1-7H2;5-7H,1-4H2. The molecular formula is C10H26N2O3. The van der Waals surface area contributed by atoms with Gasteiger partial charge in [-0.2, -0.15) is 0 Å². The van der Waals surface area contributed by atoms with E-state index in [2.05, 4.69) is 5.32 Å². The van der Waals surface area contributed by atoms with E-state index >= 15 is 0 Å². The molecule has 0 spiro atoms. The Morgan fingerprint density at radius 3 is 1.67 bits per heavy atom. The van der Waals surface area contributed by atoms with Gasteiger partial charge in [0.1, 0.15) is 0 Å². The van der Waals surface area contributed by atoms with Crippen LogP contribution in [0.2, 0.25) is 0 Å². The van der Waals surface area contributed by atoms with Gasteiger partial charge in [-0.3, -0.25) is 0 Å². The summed E-state index contributed by atoms with van der Waals surface area (Å²) >= 11 is 0. The summed E-state index contributed by atoms with van der Waals surface area (Å²) < 4.78 is 0. The minimum atomic E-state index is 0.139. The molecular weight excluding hydrogens is 196 g/mol. The fourth-order valence-corrected chi connectivity index (χ4v) is 0.893. The first-order valence-electron chi connectivity index (χ1n) is 5.56. The molecule has 0 aliphatic carbocycles. The van der Waals surface area contributed by atoms with Crippen LogP contribution in [-0.4, -0.2) is 54.8 Å². The third-order valence-electron chi connectivity index (χ3n) is 1.69. The van der Waals surface area contributed by atoms with Crippen molar-refractivity contribution in [1.29, 1.82) is 0 Å². The number of hydrogen-bond donors (Lipinski definition) is 5. The van der Waals surface area contributed by atoms with Gasteiger partial charge in [0.15, 0.2) is 0 Å². The van der Waals surface area contributed by atoms with E-state index in [1.807, 2.05) is 0 Å². The molecule has 94 valence electrons. The molecule has 0 aliphatic rings. The summed E-state index contributed by atoms with van der Waals surface area (Å²) in [6.45, 7) is 2.52. The smallest absolute Gasteiger partial charge is 0.0555 e. The number of rotatable bonds is 9. The Kier molecular flexibility index (Phi) is 22.2. The van der Waals surface area contributed by atoms with Crippen LogP contribution >= 0.6 is 0 Å². The maximum absolute atomic E-state index is 8.33. The second-order valence-electron chi connectivity index (χ2n) is 3.12. The zero-order valence-corrected chi connectivity index (χ0v) is 9.49. The summed E-state index contributed by atoms with van der Waals surface area (Å²) in [7, 11) is 0. The molecule has 6 N–H and O–H groups in total. The third kappa shape index (κ3) is 24.8. The Labute approximate surface area is 92.3 Å². The van der Waals surface area contributed by atoms with Gasteiger partial charge in [0, 0.05) is 19.7 Å². The Morgan fingerprint density at radius 1 is 0.733 bits per heavy atom. The van der Waals surface area contributed by atoms with Crippen molar-refractivity contribution in [3.8, 4) is 0 Å². The molecule has 0 heterocycles. The first-order valence-corrected chi connectivity index (χ1v) is 5.56. The average Bonchev–Trinajstić information content (AvgIpc) is 2.26. The number of nitrogens with two attached hydrogens (primary N) is 1. The van der Waals surface area contributed by atoms with Crippen LogP contribution in [-0.2, 0) is 0 Å². The first-order chi connectivity index (χ1) is 7.33. The third-order valence-corrected chi connectivity index (χ3v) is 1.69. The molecule has 0 saturated heterocycles. The number of nitrogens with one attached hydrogen (secondary N) is 1. The molecule has 0 aliphatic heterocycles. The van der Waals surface area contributed by atoms with Crippen molar-refractivity contribution in [1.82, 2.24) is 5.32 Å². The van der Waals surface area contributed by atoms with Gasteiger partial charge in [-0.1, -0.05) is 12.8 Å². The van der Waals surface area contributed by atoms with E-state index in [9.17, 15) is 0 Å². The van der Waals surface area contributed by atoms with Gasteiger partial charge < -0.3 is 26.4 Å². The molecule has 0 saturated carbocycles. The van der Waals surface area contributed by atoms with Gasteiger partial charge in [-0.25, -0.2) is 0 Å². The van der Waals surface area contributed by atoms with Crippen LogP contribution in [0.15, 0.2) is 0 Å². The zero-order valence-electron chi connectivity index (χ0n) is 9.49. The minimum Gasteiger partial charge on any atom is -0.396 e. The van der Waals surface area contributed by atoms with Gasteiger partial charge in [-0.05, 0) is 19.4 Å². The van der Waals surface area contributed by atoms with Crippen LogP contribution in [0.3, 0.4) is 0 Å². The lowest BCUT2D eigenvalue weighted by molar-refractivity contribution is 0.266. The van der Waals surface area contributed by atoms with Crippen molar-refractivity contribution in [2.24, 2.45) is 5.73 Å². The molecule has 0 aromatic heterocycles. The molecule has 0 unspecified atom stereocenters.